The minimum absolute atomic E-state index is 0. The molecule has 1 atom stereocenters. The van der Waals surface area contributed by atoms with Crippen LogP contribution in [0.15, 0.2) is 24.3 Å². The van der Waals surface area contributed by atoms with Crippen LogP contribution in [0.4, 0.5) is 0 Å². The first-order chi connectivity index (χ1) is 11.2. The second-order valence-corrected chi connectivity index (χ2v) is 6.15. The number of rotatable bonds is 9. The van der Waals surface area contributed by atoms with Crippen LogP contribution in [-0.2, 0) is 4.74 Å². The summed E-state index contributed by atoms with van der Waals surface area (Å²) >= 11 is 6.04. The molecule has 2 rings (SSSR count). The number of aliphatic hydroxyl groups is 1. The summed E-state index contributed by atoms with van der Waals surface area (Å²) in [5, 5.41) is 10.8. The molecule has 8 heteroatoms. The molecule has 0 bridgehead atoms. The fourth-order valence-corrected chi connectivity index (χ4v) is 2.77. The molecule has 1 unspecified atom stereocenters. The highest BCUT2D eigenvalue weighted by atomic mass is 35.5. The first-order valence-electron chi connectivity index (χ1n) is 8.27. The van der Waals surface area contributed by atoms with Crippen molar-refractivity contribution in [1.82, 2.24) is 9.80 Å². The maximum atomic E-state index is 10.2. The van der Waals surface area contributed by atoms with Gasteiger partial charge in [-0.05, 0) is 18.7 Å². The van der Waals surface area contributed by atoms with Gasteiger partial charge in [0.15, 0.2) is 0 Å². The Morgan fingerprint density at radius 2 is 1.96 bits per heavy atom. The van der Waals surface area contributed by atoms with E-state index in [2.05, 4.69) is 16.7 Å². The van der Waals surface area contributed by atoms with Crippen molar-refractivity contribution in [1.29, 1.82) is 0 Å². The maximum Gasteiger partial charge on any atom is 0.138 e. The molecular weight excluding hydrogens is 387 g/mol. The summed E-state index contributed by atoms with van der Waals surface area (Å²) in [6.45, 7) is 9.46. The van der Waals surface area contributed by atoms with Crippen molar-refractivity contribution in [2.75, 3.05) is 59.1 Å². The van der Waals surface area contributed by atoms with E-state index in [1.54, 1.807) is 6.07 Å². The zero-order valence-corrected chi connectivity index (χ0v) is 17.0. The van der Waals surface area contributed by atoms with Crippen LogP contribution in [-0.4, -0.2) is 80.1 Å². The second kappa shape index (κ2) is 13.9. The minimum Gasteiger partial charge on any atom is -0.489 e. The summed E-state index contributed by atoms with van der Waals surface area (Å²) in [4.78, 5) is 4.65. The normalized spacial score (nSPS) is 16.0. The van der Waals surface area contributed by atoms with Crippen molar-refractivity contribution >= 4 is 36.4 Å². The first-order valence-corrected chi connectivity index (χ1v) is 8.64. The van der Waals surface area contributed by atoms with Crippen molar-refractivity contribution in [3.63, 3.8) is 0 Å². The number of para-hydroxylation sites is 1. The number of likely N-dealkylation sites (N-methyl/N-ethyl adjacent to an activating group) is 1. The topological polar surface area (TPSA) is 45.2 Å². The van der Waals surface area contributed by atoms with E-state index in [-0.39, 0.29) is 31.4 Å². The molecule has 1 aromatic carbocycles. The van der Waals surface area contributed by atoms with E-state index in [0.717, 1.165) is 45.9 Å². The number of hydrogen-bond acceptors (Lipinski definition) is 5. The van der Waals surface area contributed by atoms with E-state index in [0.29, 0.717) is 17.3 Å². The van der Waals surface area contributed by atoms with Gasteiger partial charge in [0.1, 0.15) is 18.5 Å². The number of morpholine rings is 1. The molecule has 1 aliphatic rings. The standard InChI is InChI=1S/C17H27ClN2O3.2ClH/c1-2-19(7-8-20-9-11-22-12-10-20)13-15(21)14-23-17-6-4-3-5-16(17)18;;/h3-6,15,21H,2,7-14H2,1H3;2*1H. The lowest BCUT2D eigenvalue weighted by atomic mass is 10.3. The molecule has 1 fully saturated rings. The van der Waals surface area contributed by atoms with Gasteiger partial charge >= 0.3 is 0 Å². The second-order valence-electron chi connectivity index (χ2n) is 5.74. The van der Waals surface area contributed by atoms with Crippen LogP contribution in [0.1, 0.15) is 6.92 Å². The molecule has 146 valence electrons. The van der Waals surface area contributed by atoms with Gasteiger partial charge in [-0.15, -0.1) is 24.8 Å². The Kier molecular flexibility index (Phi) is 13.7. The van der Waals surface area contributed by atoms with Gasteiger partial charge in [0.25, 0.3) is 0 Å². The molecule has 0 spiro atoms. The monoisotopic (exact) mass is 414 g/mol. The largest absolute Gasteiger partial charge is 0.489 e. The number of benzene rings is 1. The fraction of sp³-hybridized carbons (Fsp3) is 0.647. The molecule has 1 heterocycles. The molecule has 1 aliphatic heterocycles. The van der Waals surface area contributed by atoms with E-state index in [4.69, 9.17) is 21.1 Å². The molecule has 0 amide bonds. The van der Waals surface area contributed by atoms with Crippen molar-refractivity contribution in [2.45, 2.75) is 13.0 Å². The lowest BCUT2D eigenvalue weighted by Crippen LogP contribution is -2.43. The van der Waals surface area contributed by atoms with Crippen molar-refractivity contribution in [3.8, 4) is 5.75 Å². The summed E-state index contributed by atoms with van der Waals surface area (Å²) in [7, 11) is 0. The highest BCUT2D eigenvalue weighted by molar-refractivity contribution is 6.32. The Hall–Kier alpha value is -0.270. The Balaban J connectivity index is 0.00000288. The molecule has 0 aliphatic carbocycles. The third-order valence-electron chi connectivity index (χ3n) is 4.02. The van der Waals surface area contributed by atoms with E-state index >= 15 is 0 Å². The van der Waals surface area contributed by atoms with Gasteiger partial charge in [-0.3, -0.25) is 9.80 Å². The molecule has 0 aromatic heterocycles. The Bertz CT molecular complexity index is 463. The van der Waals surface area contributed by atoms with Crippen LogP contribution < -0.4 is 4.74 Å². The van der Waals surface area contributed by atoms with Crippen LogP contribution in [0.3, 0.4) is 0 Å². The van der Waals surface area contributed by atoms with Crippen LogP contribution in [0, 0.1) is 0 Å². The lowest BCUT2D eigenvalue weighted by molar-refractivity contribution is 0.0273. The predicted molar refractivity (Wildman–Crippen MR) is 107 cm³/mol. The molecule has 1 aromatic rings. The summed E-state index contributed by atoms with van der Waals surface area (Å²) < 4.78 is 11.0. The van der Waals surface area contributed by atoms with Crippen molar-refractivity contribution in [2.24, 2.45) is 0 Å². The molecular formula is C17H29Cl3N2O3. The van der Waals surface area contributed by atoms with Crippen LogP contribution in [0.25, 0.3) is 0 Å². The summed E-state index contributed by atoms with van der Waals surface area (Å²) in [6, 6.07) is 7.32. The third-order valence-corrected chi connectivity index (χ3v) is 4.33. The molecule has 5 nitrogen and oxygen atoms in total. The average Bonchev–Trinajstić information content (AvgIpc) is 2.58. The Morgan fingerprint density at radius 1 is 1.28 bits per heavy atom. The van der Waals surface area contributed by atoms with Crippen LogP contribution in [0.2, 0.25) is 5.02 Å². The van der Waals surface area contributed by atoms with Gasteiger partial charge in [-0.25, -0.2) is 0 Å². The number of ether oxygens (including phenoxy) is 2. The van der Waals surface area contributed by atoms with Gasteiger partial charge in [-0.1, -0.05) is 30.7 Å². The van der Waals surface area contributed by atoms with Gasteiger partial charge in [0.2, 0.25) is 0 Å². The van der Waals surface area contributed by atoms with Crippen LogP contribution in [0.5, 0.6) is 5.75 Å². The van der Waals surface area contributed by atoms with Gasteiger partial charge < -0.3 is 14.6 Å². The molecule has 0 saturated carbocycles. The highest BCUT2D eigenvalue weighted by Gasteiger charge is 2.15. The van der Waals surface area contributed by atoms with E-state index in [1.165, 1.54) is 0 Å². The molecule has 0 radical (unpaired) electrons. The van der Waals surface area contributed by atoms with Gasteiger partial charge in [-0.2, -0.15) is 0 Å². The SMILES string of the molecule is CCN(CCN1CCOCC1)CC(O)COc1ccccc1Cl.Cl.Cl. The number of nitrogens with zero attached hydrogens (tertiary/aromatic N) is 2. The van der Waals surface area contributed by atoms with E-state index < -0.39 is 6.10 Å². The van der Waals surface area contributed by atoms with E-state index in [9.17, 15) is 5.11 Å². The number of hydrogen-bond donors (Lipinski definition) is 1. The zero-order chi connectivity index (χ0) is 16.5. The van der Waals surface area contributed by atoms with Crippen molar-refractivity contribution < 1.29 is 14.6 Å². The first kappa shape index (κ1) is 24.7. The molecule has 1 N–H and O–H groups in total. The van der Waals surface area contributed by atoms with Crippen LogP contribution >= 0.6 is 36.4 Å². The quantitative estimate of drug-likeness (QED) is 0.671. The minimum atomic E-state index is -0.532. The summed E-state index contributed by atoms with van der Waals surface area (Å²) in [5.74, 6) is 0.615. The summed E-state index contributed by atoms with van der Waals surface area (Å²) in [5.41, 5.74) is 0. The maximum absolute atomic E-state index is 10.2. The summed E-state index contributed by atoms with van der Waals surface area (Å²) in [6.07, 6.45) is -0.532. The Labute approximate surface area is 168 Å². The lowest BCUT2D eigenvalue weighted by Gasteiger charge is -2.30. The van der Waals surface area contributed by atoms with Gasteiger partial charge in [0, 0.05) is 32.7 Å². The zero-order valence-electron chi connectivity index (χ0n) is 14.6. The van der Waals surface area contributed by atoms with Gasteiger partial charge in [0.05, 0.1) is 18.2 Å². The Morgan fingerprint density at radius 3 is 2.60 bits per heavy atom. The van der Waals surface area contributed by atoms with Crippen molar-refractivity contribution in [3.05, 3.63) is 29.3 Å². The fourth-order valence-electron chi connectivity index (χ4n) is 2.58. The number of aliphatic hydroxyl groups excluding tert-OH is 1. The number of halogens is 3. The smallest absolute Gasteiger partial charge is 0.138 e. The highest BCUT2D eigenvalue weighted by Crippen LogP contribution is 2.23. The third kappa shape index (κ3) is 9.29. The average molecular weight is 416 g/mol. The van der Waals surface area contributed by atoms with E-state index in [1.807, 2.05) is 18.2 Å². The molecule has 25 heavy (non-hydrogen) atoms. The predicted octanol–water partition coefficient (Wildman–Crippen LogP) is 2.58. The molecule has 1 saturated heterocycles.